The summed E-state index contributed by atoms with van der Waals surface area (Å²) in [6.07, 6.45) is 12.6. The molecule has 2 aromatic heterocycles. The number of rotatable bonds is 10. The van der Waals surface area contributed by atoms with Gasteiger partial charge in [0, 0.05) is 44.3 Å². The molecule has 0 unspecified atom stereocenters. The molecular weight excluding hydrogens is 1080 g/mol. The lowest BCUT2D eigenvalue weighted by molar-refractivity contribution is 0.442. The molecule has 0 saturated heterocycles. The third kappa shape index (κ3) is 8.05. The lowest BCUT2D eigenvalue weighted by Crippen LogP contribution is -2.29. The Morgan fingerprint density at radius 1 is 0.292 bits per heavy atom. The number of furan rings is 2. The molecule has 0 amide bonds. The third-order valence-electron chi connectivity index (χ3n) is 20.6. The highest BCUT2D eigenvalue weighted by atomic mass is 16.3. The Morgan fingerprint density at radius 2 is 0.730 bits per heavy atom. The van der Waals surface area contributed by atoms with Crippen LogP contribution in [0, 0.1) is 0 Å². The van der Waals surface area contributed by atoms with Crippen molar-refractivity contribution >= 4 is 110 Å². The van der Waals surface area contributed by atoms with Crippen LogP contribution in [0.4, 0.5) is 34.1 Å². The van der Waals surface area contributed by atoms with Gasteiger partial charge >= 0.3 is 0 Å². The van der Waals surface area contributed by atoms with Gasteiger partial charge in [0.25, 0.3) is 0 Å². The van der Waals surface area contributed by atoms with Gasteiger partial charge < -0.3 is 18.6 Å². The summed E-state index contributed by atoms with van der Waals surface area (Å²) in [5, 5.41) is 11.9. The van der Waals surface area contributed by atoms with Gasteiger partial charge in [-0.25, -0.2) is 0 Å². The first-order chi connectivity index (χ1) is 44.2. The molecule has 3 aliphatic rings. The van der Waals surface area contributed by atoms with Crippen LogP contribution in [-0.2, 0) is 5.41 Å². The molecule has 89 heavy (non-hydrogen) atoms. The number of fused-ring (bicyclic) bond motifs is 16. The van der Waals surface area contributed by atoms with Crippen molar-refractivity contribution in [3.05, 3.63) is 300 Å². The summed E-state index contributed by atoms with van der Waals surface area (Å²) in [4.78, 5) is 4.84. The topological polar surface area (TPSA) is 32.8 Å². The molecule has 2 fully saturated rings. The van der Waals surface area contributed by atoms with Crippen LogP contribution < -0.4 is 9.80 Å². The molecule has 18 rings (SSSR count). The zero-order chi connectivity index (χ0) is 58.6. The quantitative estimate of drug-likeness (QED) is 0.128. The monoisotopic (exact) mass is 1150 g/mol. The molecule has 0 bridgehead atoms. The lowest BCUT2D eigenvalue weighted by atomic mass is 9.65. The van der Waals surface area contributed by atoms with Gasteiger partial charge in [-0.2, -0.15) is 0 Å². The second-order valence-electron chi connectivity index (χ2n) is 25.4. The van der Waals surface area contributed by atoms with Crippen LogP contribution in [0.5, 0.6) is 0 Å². The van der Waals surface area contributed by atoms with Crippen molar-refractivity contribution in [3.8, 4) is 11.1 Å². The highest BCUT2D eigenvalue weighted by molar-refractivity contribution is 6.22. The van der Waals surface area contributed by atoms with Gasteiger partial charge in [0.05, 0.1) is 16.8 Å². The minimum Gasteiger partial charge on any atom is -0.454 e. The van der Waals surface area contributed by atoms with Crippen molar-refractivity contribution in [3.63, 3.8) is 0 Å². The number of hydrogen-bond donors (Lipinski definition) is 0. The Balaban J connectivity index is 0.862. The van der Waals surface area contributed by atoms with Crippen molar-refractivity contribution in [2.75, 3.05) is 9.80 Å². The molecule has 2 heterocycles. The van der Waals surface area contributed by atoms with Crippen molar-refractivity contribution in [2.45, 2.75) is 81.5 Å². The SMILES string of the molecule is c1ccc(N(c2ccc3c4c(ccc3c2)-c2c(c3ccc(N(c5ccccc5)c5cccc6c5oc5c(C7CCCCC7)cccc56)cc3c3ccccc23)C4(c2ccccc2)c2ccccc2)c2cccc3c2oc2c(C4CCCCC4)cccc23)cc1. The highest BCUT2D eigenvalue weighted by Gasteiger charge is 2.49. The van der Waals surface area contributed by atoms with E-state index in [0.717, 1.165) is 67.2 Å². The largest absolute Gasteiger partial charge is 0.454 e. The number of para-hydroxylation sites is 6. The van der Waals surface area contributed by atoms with Gasteiger partial charge in [-0.15, -0.1) is 0 Å². The predicted molar refractivity (Wildman–Crippen MR) is 372 cm³/mol. The molecule has 0 N–H and O–H groups in total. The summed E-state index contributed by atoms with van der Waals surface area (Å²) in [7, 11) is 0. The van der Waals surface area contributed by atoms with Gasteiger partial charge in [0.1, 0.15) is 11.2 Å². The third-order valence-corrected chi connectivity index (χ3v) is 20.6. The first kappa shape index (κ1) is 52.0. The van der Waals surface area contributed by atoms with E-state index in [-0.39, 0.29) is 0 Å². The van der Waals surface area contributed by atoms with Crippen LogP contribution >= 0.6 is 0 Å². The Hall–Kier alpha value is -10.2. The Labute approximate surface area is 518 Å². The maximum atomic E-state index is 7.27. The van der Waals surface area contributed by atoms with Crippen LogP contribution in [0.1, 0.15) is 109 Å². The second kappa shape index (κ2) is 21.0. The lowest BCUT2D eigenvalue weighted by Gasteiger charge is -2.36. The standard InChI is InChI=1S/C85H66N2O2/c1-7-25-55(26-8-1)65-39-21-41-70-72-43-23-45-76(83(72)88-81(65)70)86(60-33-15-5-16-34-60)62-48-51-64-57(53-62)47-50-74-78-68-38-20-19-37-67(68)75-54-63(49-52-69(75)80(78)85(79(64)74,58-29-11-3-12-30-58)59-31-13-4-14-32-59)87(61-35-17-6-18-36-61)77-46-24-44-73-71-42-22-40-66(82(71)89-84(73)77)56-27-9-2-10-28-56/h3-6,11-24,29-56H,1-2,7-10,25-28H2. The minimum atomic E-state index is -0.734. The zero-order valence-electron chi connectivity index (χ0n) is 49.8. The summed E-state index contributed by atoms with van der Waals surface area (Å²) >= 11 is 0. The first-order valence-electron chi connectivity index (χ1n) is 32.5. The summed E-state index contributed by atoms with van der Waals surface area (Å²) in [6, 6.07) is 99.9. The Bertz CT molecular complexity index is 5190. The average molecular weight is 1150 g/mol. The van der Waals surface area contributed by atoms with Crippen LogP contribution in [0.2, 0.25) is 0 Å². The molecular formula is C85H66N2O2. The van der Waals surface area contributed by atoms with E-state index in [4.69, 9.17) is 8.83 Å². The summed E-state index contributed by atoms with van der Waals surface area (Å²) in [5.41, 5.74) is 19.8. The van der Waals surface area contributed by atoms with E-state index in [1.807, 2.05) is 0 Å². The first-order valence-corrected chi connectivity index (χ1v) is 32.5. The fraction of sp³-hybridized carbons (Fsp3) is 0.153. The molecule has 3 aliphatic carbocycles. The zero-order valence-corrected chi connectivity index (χ0v) is 49.8. The smallest absolute Gasteiger partial charge is 0.159 e. The van der Waals surface area contributed by atoms with Crippen molar-refractivity contribution < 1.29 is 8.83 Å². The van der Waals surface area contributed by atoms with E-state index >= 15 is 0 Å². The maximum absolute atomic E-state index is 7.27. The van der Waals surface area contributed by atoms with Gasteiger partial charge in [0.2, 0.25) is 0 Å². The molecule has 2 saturated carbocycles. The van der Waals surface area contributed by atoms with E-state index in [1.165, 1.54) is 152 Å². The Kier molecular flexibility index (Phi) is 12.3. The molecule has 4 nitrogen and oxygen atoms in total. The summed E-state index contributed by atoms with van der Waals surface area (Å²) in [6.45, 7) is 0. The van der Waals surface area contributed by atoms with E-state index < -0.39 is 5.41 Å². The van der Waals surface area contributed by atoms with Crippen LogP contribution in [0.3, 0.4) is 0 Å². The van der Waals surface area contributed by atoms with Crippen molar-refractivity contribution in [1.82, 2.24) is 0 Å². The van der Waals surface area contributed by atoms with Crippen molar-refractivity contribution in [2.24, 2.45) is 0 Å². The summed E-state index contributed by atoms with van der Waals surface area (Å²) in [5.74, 6) is 1.03. The van der Waals surface area contributed by atoms with Gasteiger partial charge in [-0.05, 0) is 175 Å². The van der Waals surface area contributed by atoms with Gasteiger partial charge in [-0.1, -0.05) is 245 Å². The van der Waals surface area contributed by atoms with Crippen LogP contribution in [0.25, 0.3) is 87.3 Å². The molecule has 0 radical (unpaired) electrons. The molecule has 428 valence electrons. The summed E-state index contributed by atoms with van der Waals surface area (Å²) < 4.78 is 14.5. The van der Waals surface area contributed by atoms with Crippen LogP contribution in [-0.4, -0.2) is 0 Å². The van der Waals surface area contributed by atoms with Gasteiger partial charge in [0.15, 0.2) is 11.2 Å². The number of anilines is 6. The molecule has 4 heteroatoms. The molecule has 15 aromatic rings. The molecule has 0 atom stereocenters. The molecule has 0 spiro atoms. The normalized spacial score (nSPS) is 15.2. The van der Waals surface area contributed by atoms with E-state index in [1.54, 1.807) is 0 Å². The van der Waals surface area contributed by atoms with Crippen LogP contribution in [0.15, 0.2) is 276 Å². The second-order valence-corrected chi connectivity index (χ2v) is 25.4. The minimum absolute atomic E-state index is 0.511. The van der Waals surface area contributed by atoms with Gasteiger partial charge in [-0.3, -0.25) is 0 Å². The number of benzene rings is 13. The average Bonchev–Trinajstić information content (AvgIpc) is 1.53. The van der Waals surface area contributed by atoms with E-state index in [2.05, 4.69) is 277 Å². The number of nitrogens with zero attached hydrogens (tertiary/aromatic N) is 2. The fourth-order valence-corrected chi connectivity index (χ4v) is 16.8. The fourth-order valence-electron chi connectivity index (χ4n) is 16.8. The number of hydrogen-bond acceptors (Lipinski definition) is 4. The van der Waals surface area contributed by atoms with E-state index in [0.29, 0.717) is 11.8 Å². The Morgan fingerprint density at radius 3 is 1.26 bits per heavy atom. The highest BCUT2D eigenvalue weighted by Crippen LogP contribution is 2.63. The van der Waals surface area contributed by atoms with E-state index in [9.17, 15) is 0 Å². The molecule has 0 aliphatic heterocycles. The van der Waals surface area contributed by atoms with Crippen molar-refractivity contribution in [1.29, 1.82) is 0 Å². The molecule has 13 aromatic carbocycles. The predicted octanol–water partition coefficient (Wildman–Crippen LogP) is 24.3. The maximum Gasteiger partial charge on any atom is 0.159 e.